The van der Waals surface area contributed by atoms with Crippen LogP contribution < -0.4 is 5.32 Å². The van der Waals surface area contributed by atoms with Crippen LogP contribution in [0.2, 0.25) is 0 Å². The van der Waals surface area contributed by atoms with Gasteiger partial charge >= 0.3 is 5.97 Å². The van der Waals surface area contributed by atoms with E-state index in [0.29, 0.717) is 25.2 Å². The SMILES string of the molecule is CC1(C)CC(NC(=O)c2cn[nH]c2C2CCOCC2)C(=O)O1. The van der Waals surface area contributed by atoms with E-state index in [2.05, 4.69) is 15.5 Å². The van der Waals surface area contributed by atoms with Crippen LogP contribution in [0.1, 0.15) is 55.1 Å². The number of cyclic esters (lactones) is 1. The van der Waals surface area contributed by atoms with Gasteiger partial charge in [-0.3, -0.25) is 9.89 Å². The number of rotatable bonds is 3. The second-order valence-corrected chi connectivity index (χ2v) is 6.49. The molecule has 2 aliphatic rings. The number of hydrogen-bond donors (Lipinski definition) is 2. The van der Waals surface area contributed by atoms with Gasteiger partial charge in [-0.2, -0.15) is 5.10 Å². The van der Waals surface area contributed by atoms with E-state index in [4.69, 9.17) is 9.47 Å². The molecule has 22 heavy (non-hydrogen) atoms. The van der Waals surface area contributed by atoms with E-state index in [9.17, 15) is 9.59 Å². The van der Waals surface area contributed by atoms with Gasteiger partial charge in [0.15, 0.2) is 0 Å². The summed E-state index contributed by atoms with van der Waals surface area (Å²) < 4.78 is 10.6. The first kappa shape index (κ1) is 15.0. The summed E-state index contributed by atoms with van der Waals surface area (Å²) in [7, 11) is 0. The summed E-state index contributed by atoms with van der Waals surface area (Å²) in [5.74, 6) is -0.423. The van der Waals surface area contributed by atoms with Gasteiger partial charge in [0.1, 0.15) is 11.6 Å². The second kappa shape index (κ2) is 5.72. The van der Waals surface area contributed by atoms with Gasteiger partial charge in [0, 0.05) is 25.6 Å². The number of nitrogens with one attached hydrogen (secondary N) is 2. The van der Waals surface area contributed by atoms with E-state index >= 15 is 0 Å². The molecule has 2 N–H and O–H groups in total. The number of aromatic nitrogens is 2. The molecule has 2 saturated heterocycles. The zero-order valence-corrected chi connectivity index (χ0v) is 12.8. The number of aromatic amines is 1. The molecule has 3 rings (SSSR count). The number of carbonyl (C=O) groups excluding carboxylic acids is 2. The van der Waals surface area contributed by atoms with Gasteiger partial charge in [-0.05, 0) is 26.7 Å². The fourth-order valence-corrected chi connectivity index (χ4v) is 3.08. The minimum atomic E-state index is -0.597. The summed E-state index contributed by atoms with van der Waals surface area (Å²) >= 11 is 0. The minimum absolute atomic E-state index is 0.240. The van der Waals surface area contributed by atoms with Gasteiger partial charge in [-0.25, -0.2) is 4.79 Å². The first-order valence-corrected chi connectivity index (χ1v) is 7.61. The molecule has 1 amide bonds. The predicted octanol–water partition coefficient (Wildman–Crippen LogP) is 1.13. The van der Waals surface area contributed by atoms with Gasteiger partial charge in [-0.1, -0.05) is 0 Å². The Balaban J connectivity index is 1.71. The molecule has 1 aromatic rings. The van der Waals surface area contributed by atoms with Crippen LogP contribution in [0.4, 0.5) is 0 Å². The number of amides is 1. The Labute approximate surface area is 128 Å². The topological polar surface area (TPSA) is 93.3 Å². The summed E-state index contributed by atoms with van der Waals surface area (Å²) in [6.45, 7) is 5.05. The lowest BCUT2D eigenvalue weighted by molar-refractivity contribution is -0.147. The molecule has 0 saturated carbocycles. The van der Waals surface area contributed by atoms with Crippen LogP contribution in [0, 0.1) is 0 Å². The molecule has 0 spiro atoms. The van der Waals surface area contributed by atoms with Gasteiger partial charge < -0.3 is 14.8 Å². The molecule has 2 fully saturated rings. The molecule has 2 aliphatic heterocycles. The van der Waals surface area contributed by atoms with E-state index < -0.39 is 11.6 Å². The van der Waals surface area contributed by atoms with Crippen LogP contribution in [0.25, 0.3) is 0 Å². The highest BCUT2D eigenvalue weighted by Crippen LogP contribution is 2.29. The number of ether oxygens (including phenoxy) is 2. The molecule has 7 nitrogen and oxygen atoms in total. The van der Waals surface area contributed by atoms with Gasteiger partial charge in [0.25, 0.3) is 5.91 Å². The second-order valence-electron chi connectivity index (χ2n) is 6.49. The average Bonchev–Trinajstić information content (AvgIpc) is 3.04. The Kier molecular flexibility index (Phi) is 3.90. The number of H-pyrrole nitrogens is 1. The van der Waals surface area contributed by atoms with Crippen molar-refractivity contribution in [1.29, 1.82) is 0 Å². The summed E-state index contributed by atoms with van der Waals surface area (Å²) in [6.07, 6.45) is 3.72. The van der Waals surface area contributed by atoms with Crippen molar-refractivity contribution in [2.24, 2.45) is 0 Å². The Morgan fingerprint density at radius 2 is 2.14 bits per heavy atom. The minimum Gasteiger partial charge on any atom is -0.458 e. The zero-order valence-electron chi connectivity index (χ0n) is 12.8. The Morgan fingerprint density at radius 1 is 1.41 bits per heavy atom. The van der Waals surface area contributed by atoms with Crippen molar-refractivity contribution < 1.29 is 19.1 Å². The maximum Gasteiger partial charge on any atom is 0.329 e. The van der Waals surface area contributed by atoms with E-state index in [1.54, 1.807) is 0 Å². The molecule has 1 aromatic heterocycles. The number of hydrogen-bond acceptors (Lipinski definition) is 5. The monoisotopic (exact) mass is 307 g/mol. The summed E-state index contributed by atoms with van der Waals surface area (Å²) in [5, 5.41) is 9.69. The Bertz CT molecular complexity index is 575. The number of nitrogens with zero attached hydrogens (tertiary/aromatic N) is 1. The largest absolute Gasteiger partial charge is 0.458 e. The van der Waals surface area contributed by atoms with E-state index in [1.807, 2.05) is 13.8 Å². The Hall–Kier alpha value is -1.89. The zero-order chi connectivity index (χ0) is 15.7. The lowest BCUT2D eigenvalue weighted by Gasteiger charge is -2.22. The quantitative estimate of drug-likeness (QED) is 0.816. The van der Waals surface area contributed by atoms with Crippen LogP contribution in [0.5, 0.6) is 0 Å². The van der Waals surface area contributed by atoms with Crippen LogP contribution in [-0.2, 0) is 14.3 Å². The van der Waals surface area contributed by atoms with Crippen molar-refractivity contribution in [1.82, 2.24) is 15.5 Å². The van der Waals surface area contributed by atoms with Crippen molar-refractivity contribution in [2.75, 3.05) is 13.2 Å². The van der Waals surface area contributed by atoms with Gasteiger partial charge in [0.2, 0.25) is 0 Å². The molecule has 3 heterocycles. The fourth-order valence-electron chi connectivity index (χ4n) is 3.08. The van der Waals surface area contributed by atoms with Crippen LogP contribution in [0.3, 0.4) is 0 Å². The third-order valence-corrected chi connectivity index (χ3v) is 4.21. The number of carbonyl (C=O) groups is 2. The smallest absolute Gasteiger partial charge is 0.329 e. The summed E-state index contributed by atoms with van der Waals surface area (Å²) in [5.41, 5.74) is 0.797. The molecular weight excluding hydrogens is 286 g/mol. The molecule has 0 radical (unpaired) electrons. The first-order chi connectivity index (χ1) is 10.5. The summed E-state index contributed by atoms with van der Waals surface area (Å²) in [4.78, 5) is 24.3. The molecular formula is C15H21N3O4. The van der Waals surface area contributed by atoms with Crippen LogP contribution in [0.15, 0.2) is 6.20 Å². The molecule has 0 aromatic carbocycles. The van der Waals surface area contributed by atoms with Crippen molar-refractivity contribution in [3.05, 3.63) is 17.5 Å². The number of esters is 1. The first-order valence-electron chi connectivity index (χ1n) is 7.61. The van der Waals surface area contributed by atoms with Gasteiger partial charge in [0.05, 0.1) is 17.5 Å². The fraction of sp³-hybridized carbons (Fsp3) is 0.667. The van der Waals surface area contributed by atoms with Crippen molar-refractivity contribution in [3.63, 3.8) is 0 Å². The molecule has 120 valence electrons. The molecule has 7 heteroatoms. The molecule has 0 aliphatic carbocycles. The molecule has 0 bridgehead atoms. The highest BCUT2D eigenvalue weighted by atomic mass is 16.6. The highest BCUT2D eigenvalue weighted by Gasteiger charge is 2.41. The predicted molar refractivity (Wildman–Crippen MR) is 77.4 cm³/mol. The third-order valence-electron chi connectivity index (χ3n) is 4.21. The highest BCUT2D eigenvalue weighted by molar-refractivity contribution is 5.98. The Morgan fingerprint density at radius 3 is 2.77 bits per heavy atom. The van der Waals surface area contributed by atoms with Gasteiger partial charge in [-0.15, -0.1) is 0 Å². The maximum atomic E-state index is 12.5. The molecule has 1 atom stereocenters. The molecule has 1 unspecified atom stereocenters. The van der Waals surface area contributed by atoms with Crippen molar-refractivity contribution in [3.8, 4) is 0 Å². The lowest BCUT2D eigenvalue weighted by atomic mass is 9.93. The lowest BCUT2D eigenvalue weighted by Crippen LogP contribution is -2.38. The maximum absolute atomic E-state index is 12.5. The standard InChI is InChI=1S/C15H21N3O4/c1-15(2)7-11(14(20)22-15)17-13(19)10-8-16-18-12(10)9-3-5-21-6-4-9/h8-9,11H,3-7H2,1-2H3,(H,16,18)(H,17,19). The summed E-state index contributed by atoms with van der Waals surface area (Å²) in [6, 6.07) is -0.597. The normalized spacial score (nSPS) is 25.0. The third kappa shape index (κ3) is 2.99. The van der Waals surface area contributed by atoms with Crippen LogP contribution >= 0.6 is 0 Å². The van der Waals surface area contributed by atoms with E-state index in [1.165, 1.54) is 6.20 Å². The van der Waals surface area contributed by atoms with Crippen molar-refractivity contribution in [2.45, 2.75) is 50.7 Å². The average molecular weight is 307 g/mol. The van der Waals surface area contributed by atoms with Crippen molar-refractivity contribution >= 4 is 11.9 Å². The van der Waals surface area contributed by atoms with E-state index in [0.717, 1.165) is 18.5 Å². The van der Waals surface area contributed by atoms with Crippen LogP contribution in [-0.4, -0.2) is 46.9 Å². The van der Waals surface area contributed by atoms with E-state index in [-0.39, 0.29) is 17.8 Å².